The molecule has 3 aliphatic rings. The monoisotopic (exact) mass is 308 g/mol. The minimum Gasteiger partial charge on any atom is -0.469 e. The first kappa shape index (κ1) is 15.8. The SMILES string of the molecule is COC(=O)CCC(=O)N1CCC2(CN(CC3CCCC3)C2)C1. The van der Waals surface area contributed by atoms with E-state index >= 15 is 0 Å². The van der Waals surface area contributed by atoms with E-state index in [4.69, 9.17) is 0 Å². The topological polar surface area (TPSA) is 49.9 Å². The molecule has 2 heterocycles. The summed E-state index contributed by atoms with van der Waals surface area (Å²) < 4.78 is 4.60. The quantitative estimate of drug-likeness (QED) is 0.725. The van der Waals surface area contributed by atoms with Crippen molar-refractivity contribution in [3.05, 3.63) is 0 Å². The highest BCUT2D eigenvalue weighted by Gasteiger charge is 2.48. The van der Waals surface area contributed by atoms with Crippen molar-refractivity contribution in [3.8, 4) is 0 Å². The van der Waals surface area contributed by atoms with Gasteiger partial charge in [0.05, 0.1) is 13.5 Å². The molecule has 0 bridgehead atoms. The average Bonchev–Trinajstić information content (AvgIpc) is 3.13. The summed E-state index contributed by atoms with van der Waals surface area (Å²) in [6, 6.07) is 0. The number of hydrogen-bond acceptors (Lipinski definition) is 4. The van der Waals surface area contributed by atoms with Gasteiger partial charge in [-0.15, -0.1) is 0 Å². The lowest BCUT2D eigenvalue weighted by Gasteiger charge is -2.49. The number of ether oxygens (including phenoxy) is 1. The van der Waals surface area contributed by atoms with Gasteiger partial charge in [-0.1, -0.05) is 12.8 Å². The molecule has 124 valence electrons. The van der Waals surface area contributed by atoms with Crippen LogP contribution in [-0.2, 0) is 14.3 Å². The molecule has 22 heavy (non-hydrogen) atoms. The maximum absolute atomic E-state index is 12.2. The van der Waals surface area contributed by atoms with Gasteiger partial charge in [-0.2, -0.15) is 0 Å². The van der Waals surface area contributed by atoms with Gasteiger partial charge in [0.25, 0.3) is 0 Å². The molecule has 2 saturated heterocycles. The Bertz CT molecular complexity index is 426. The van der Waals surface area contributed by atoms with Gasteiger partial charge in [0.1, 0.15) is 0 Å². The van der Waals surface area contributed by atoms with E-state index in [1.54, 1.807) is 0 Å². The standard InChI is InChI=1S/C17H28N2O3/c1-22-16(21)7-6-15(20)19-9-8-17(13-19)11-18(12-17)10-14-4-2-3-5-14/h14H,2-13H2,1H3. The molecule has 5 nitrogen and oxygen atoms in total. The molecule has 0 aromatic heterocycles. The maximum Gasteiger partial charge on any atom is 0.306 e. The number of carbonyl (C=O) groups is 2. The molecular formula is C17H28N2O3. The molecule has 1 aliphatic carbocycles. The van der Waals surface area contributed by atoms with Gasteiger partial charge in [-0.05, 0) is 25.2 Å². The predicted octanol–water partition coefficient (Wildman–Crippen LogP) is 1.66. The fourth-order valence-electron chi connectivity index (χ4n) is 4.46. The van der Waals surface area contributed by atoms with E-state index in [9.17, 15) is 9.59 Å². The second-order valence-electron chi connectivity index (χ2n) is 7.46. The Hall–Kier alpha value is -1.10. The Labute approximate surface area is 133 Å². The van der Waals surface area contributed by atoms with Crippen LogP contribution < -0.4 is 0 Å². The number of rotatable bonds is 5. The third-order valence-electron chi connectivity index (χ3n) is 5.67. The lowest BCUT2D eigenvalue weighted by atomic mass is 9.78. The number of esters is 1. The number of hydrogen-bond donors (Lipinski definition) is 0. The molecule has 0 aromatic rings. The fourth-order valence-corrected chi connectivity index (χ4v) is 4.46. The van der Waals surface area contributed by atoms with Crippen molar-refractivity contribution in [2.75, 3.05) is 39.8 Å². The van der Waals surface area contributed by atoms with Crippen LogP contribution in [0.5, 0.6) is 0 Å². The van der Waals surface area contributed by atoms with Gasteiger partial charge in [0.15, 0.2) is 0 Å². The lowest BCUT2D eigenvalue weighted by Crippen LogP contribution is -2.58. The number of amides is 1. The second-order valence-corrected chi connectivity index (χ2v) is 7.46. The molecular weight excluding hydrogens is 280 g/mol. The summed E-state index contributed by atoms with van der Waals surface area (Å²) in [6.07, 6.45) is 7.24. The highest BCUT2D eigenvalue weighted by Crippen LogP contribution is 2.41. The molecule has 1 spiro atoms. The molecule has 1 amide bonds. The predicted molar refractivity (Wildman–Crippen MR) is 83.3 cm³/mol. The maximum atomic E-state index is 12.2. The Balaban J connectivity index is 1.39. The van der Waals surface area contributed by atoms with Crippen molar-refractivity contribution in [2.24, 2.45) is 11.3 Å². The van der Waals surface area contributed by atoms with Crippen LogP contribution in [0.1, 0.15) is 44.9 Å². The van der Waals surface area contributed by atoms with Gasteiger partial charge >= 0.3 is 5.97 Å². The Morgan fingerprint density at radius 3 is 2.55 bits per heavy atom. The summed E-state index contributed by atoms with van der Waals surface area (Å²) in [4.78, 5) is 27.8. The third-order valence-corrected chi connectivity index (χ3v) is 5.67. The molecule has 3 rings (SSSR count). The third kappa shape index (κ3) is 3.45. The van der Waals surface area contributed by atoms with Crippen molar-refractivity contribution in [2.45, 2.75) is 44.9 Å². The van der Waals surface area contributed by atoms with Crippen LogP contribution in [0.25, 0.3) is 0 Å². The van der Waals surface area contributed by atoms with Crippen molar-refractivity contribution in [1.29, 1.82) is 0 Å². The first-order chi connectivity index (χ1) is 10.6. The summed E-state index contributed by atoms with van der Waals surface area (Å²) in [6.45, 7) is 5.32. The van der Waals surface area contributed by atoms with E-state index in [1.165, 1.54) is 39.3 Å². The molecule has 3 fully saturated rings. The normalized spacial score (nSPS) is 24.7. The number of likely N-dealkylation sites (tertiary alicyclic amines) is 2. The van der Waals surface area contributed by atoms with Crippen LogP contribution in [0.2, 0.25) is 0 Å². The Morgan fingerprint density at radius 2 is 1.86 bits per heavy atom. The lowest BCUT2D eigenvalue weighted by molar-refractivity contribution is -0.143. The van der Waals surface area contributed by atoms with Crippen LogP contribution >= 0.6 is 0 Å². The van der Waals surface area contributed by atoms with E-state index in [0.29, 0.717) is 5.41 Å². The number of carbonyl (C=O) groups excluding carboxylic acids is 2. The zero-order chi connectivity index (χ0) is 15.6. The molecule has 2 aliphatic heterocycles. The summed E-state index contributed by atoms with van der Waals surface area (Å²) in [5.74, 6) is 0.724. The highest BCUT2D eigenvalue weighted by atomic mass is 16.5. The van der Waals surface area contributed by atoms with E-state index in [0.717, 1.165) is 38.5 Å². The van der Waals surface area contributed by atoms with Gasteiger partial charge in [-0.25, -0.2) is 0 Å². The zero-order valence-electron chi connectivity index (χ0n) is 13.7. The van der Waals surface area contributed by atoms with Crippen LogP contribution in [0.4, 0.5) is 0 Å². The molecule has 0 N–H and O–H groups in total. The van der Waals surface area contributed by atoms with Gasteiger partial charge in [0, 0.05) is 44.6 Å². The van der Waals surface area contributed by atoms with Gasteiger partial charge in [-0.3, -0.25) is 9.59 Å². The molecule has 5 heteroatoms. The Kier molecular flexibility index (Phi) is 4.71. The van der Waals surface area contributed by atoms with Crippen molar-refractivity contribution >= 4 is 11.9 Å². The number of methoxy groups -OCH3 is 1. The molecule has 0 unspecified atom stereocenters. The molecule has 0 radical (unpaired) electrons. The average molecular weight is 308 g/mol. The summed E-state index contributed by atoms with van der Waals surface area (Å²) >= 11 is 0. The second kappa shape index (κ2) is 6.57. The first-order valence-electron chi connectivity index (χ1n) is 8.67. The zero-order valence-corrected chi connectivity index (χ0v) is 13.7. The van der Waals surface area contributed by atoms with E-state index in [2.05, 4.69) is 9.64 Å². The minimum atomic E-state index is -0.298. The van der Waals surface area contributed by atoms with Crippen molar-refractivity contribution in [3.63, 3.8) is 0 Å². The van der Waals surface area contributed by atoms with Crippen LogP contribution in [-0.4, -0.2) is 61.5 Å². The highest BCUT2D eigenvalue weighted by molar-refractivity contribution is 5.81. The van der Waals surface area contributed by atoms with Gasteiger partial charge in [0.2, 0.25) is 5.91 Å². The van der Waals surface area contributed by atoms with Crippen LogP contribution in [0, 0.1) is 11.3 Å². The molecule has 0 aromatic carbocycles. The van der Waals surface area contributed by atoms with E-state index in [1.807, 2.05) is 4.90 Å². The smallest absolute Gasteiger partial charge is 0.306 e. The summed E-state index contributed by atoms with van der Waals surface area (Å²) in [7, 11) is 1.37. The summed E-state index contributed by atoms with van der Waals surface area (Å²) in [5, 5.41) is 0. The first-order valence-corrected chi connectivity index (χ1v) is 8.67. The van der Waals surface area contributed by atoms with E-state index in [-0.39, 0.29) is 24.7 Å². The fraction of sp³-hybridized carbons (Fsp3) is 0.882. The van der Waals surface area contributed by atoms with E-state index < -0.39 is 0 Å². The minimum absolute atomic E-state index is 0.108. The number of nitrogens with zero attached hydrogens (tertiary/aromatic N) is 2. The van der Waals surface area contributed by atoms with Crippen LogP contribution in [0.15, 0.2) is 0 Å². The van der Waals surface area contributed by atoms with Gasteiger partial charge < -0.3 is 14.5 Å². The van der Waals surface area contributed by atoms with Crippen molar-refractivity contribution < 1.29 is 14.3 Å². The largest absolute Gasteiger partial charge is 0.469 e. The molecule has 0 atom stereocenters. The summed E-state index contributed by atoms with van der Waals surface area (Å²) in [5.41, 5.74) is 0.347. The Morgan fingerprint density at radius 1 is 1.14 bits per heavy atom. The van der Waals surface area contributed by atoms with Crippen molar-refractivity contribution in [1.82, 2.24) is 9.80 Å². The van der Waals surface area contributed by atoms with Crippen LogP contribution in [0.3, 0.4) is 0 Å². The molecule has 1 saturated carbocycles.